The van der Waals surface area contributed by atoms with E-state index in [1.54, 1.807) is 0 Å². The van der Waals surface area contributed by atoms with Gasteiger partial charge in [-0.3, -0.25) is 0 Å². The van der Waals surface area contributed by atoms with Crippen LogP contribution in [-0.4, -0.2) is 26.2 Å². The van der Waals surface area contributed by atoms with Crippen molar-refractivity contribution in [2.45, 2.75) is 19.4 Å². The molecule has 3 aromatic rings. The normalized spacial score (nSPS) is 14.4. The number of anilines is 1. The smallest absolute Gasteiger partial charge is 0.154 e. The number of hydrogen-bond donors (Lipinski definition) is 2. The summed E-state index contributed by atoms with van der Waals surface area (Å²) in [7, 11) is 0. The average molecular weight is 294 g/mol. The van der Waals surface area contributed by atoms with E-state index in [2.05, 4.69) is 15.4 Å². The quantitative estimate of drug-likeness (QED) is 0.759. The Balaban J connectivity index is 1.74. The van der Waals surface area contributed by atoms with Crippen LogP contribution < -0.4 is 5.32 Å². The van der Waals surface area contributed by atoms with Crippen LogP contribution in [0, 0.1) is 5.92 Å². The lowest BCUT2D eigenvalue weighted by atomic mass is 10.1. The SMILES string of the molecule is OCc1ccccc1-c1cnc2ccc(NCC3CC3)nn12. The maximum absolute atomic E-state index is 9.53. The lowest BCUT2D eigenvalue weighted by Gasteiger charge is -2.08. The number of nitrogens with one attached hydrogen (secondary N) is 1. The van der Waals surface area contributed by atoms with Gasteiger partial charge in [-0.1, -0.05) is 24.3 Å². The Bertz CT molecular complexity index is 807. The molecule has 4 rings (SSSR count). The molecule has 0 bridgehead atoms. The fourth-order valence-corrected chi connectivity index (χ4v) is 2.63. The van der Waals surface area contributed by atoms with Crippen LogP contribution in [0.1, 0.15) is 18.4 Å². The Morgan fingerprint density at radius 2 is 2.05 bits per heavy atom. The third-order valence-electron chi connectivity index (χ3n) is 4.09. The van der Waals surface area contributed by atoms with Gasteiger partial charge < -0.3 is 10.4 Å². The average Bonchev–Trinajstić information content (AvgIpc) is 3.31. The molecule has 0 atom stereocenters. The van der Waals surface area contributed by atoms with E-state index in [9.17, 15) is 5.11 Å². The molecule has 1 aliphatic carbocycles. The zero-order chi connectivity index (χ0) is 14.9. The Labute approximate surface area is 128 Å². The molecule has 2 heterocycles. The van der Waals surface area contributed by atoms with E-state index in [0.29, 0.717) is 0 Å². The van der Waals surface area contributed by atoms with Gasteiger partial charge in [0.1, 0.15) is 5.82 Å². The van der Waals surface area contributed by atoms with Crippen LogP contribution >= 0.6 is 0 Å². The molecule has 2 N–H and O–H groups in total. The first-order valence-electron chi connectivity index (χ1n) is 7.63. The van der Waals surface area contributed by atoms with Crippen molar-refractivity contribution in [2.75, 3.05) is 11.9 Å². The second-order valence-corrected chi connectivity index (χ2v) is 5.77. The van der Waals surface area contributed by atoms with Gasteiger partial charge in [0.2, 0.25) is 0 Å². The molecule has 0 amide bonds. The Morgan fingerprint density at radius 1 is 1.18 bits per heavy atom. The van der Waals surface area contributed by atoms with Gasteiger partial charge >= 0.3 is 0 Å². The summed E-state index contributed by atoms with van der Waals surface area (Å²) in [5.74, 6) is 1.66. The lowest BCUT2D eigenvalue weighted by molar-refractivity contribution is 0.282. The van der Waals surface area contributed by atoms with Crippen molar-refractivity contribution < 1.29 is 5.11 Å². The first-order chi connectivity index (χ1) is 10.8. The second-order valence-electron chi connectivity index (χ2n) is 5.77. The summed E-state index contributed by atoms with van der Waals surface area (Å²) in [5.41, 5.74) is 3.54. The molecular formula is C17H18N4O. The van der Waals surface area contributed by atoms with Gasteiger partial charge in [0.25, 0.3) is 0 Å². The highest BCUT2D eigenvalue weighted by Gasteiger charge is 2.21. The van der Waals surface area contributed by atoms with E-state index < -0.39 is 0 Å². The van der Waals surface area contributed by atoms with Crippen LogP contribution in [0.3, 0.4) is 0 Å². The molecule has 112 valence electrons. The van der Waals surface area contributed by atoms with Gasteiger partial charge in [-0.15, -0.1) is 5.10 Å². The number of rotatable bonds is 5. The molecule has 5 nitrogen and oxygen atoms in total. The zero-order valence-corrected chi connectivity index (χ0v) is 12.2. The summed E-state index contributed by atoms with van der Waals surface area (Å²) >= 11 is 0. The van der Waals surface area contributed by atoms with Crippen molar-refractivity contribution in [3.05, 3.63) is 48.2 Å². The molecule has 1 aromatic carbocycles. The van der Waals surface area contributed by atoms with E-state index >= 15 is 0 Å². The van der Waals surface area contributed by atoms with Crippen molar-refractivity contribution in [2.24, 2.45) is 5.92 Å². The lowest BCUT2D eigenvalue weighted by Crippen LogP contribution is -2.07. The highest BCUT2D eigenvalue weighted by molar-refractivity contribution is 5.67. The van der Waals surface area contributed by atoms with E-state index in [4.69, 9.17) is 0 Å². The minimum atomic E-state index is 0.00300. The highest BCUT2D eigenvalue weighted by Crippen LogP contribution is 2.29. The molecular weight excluding hydrogens is 276 g/mol. The fourth-order valence-electron chi connectivity index (χ4n) is 2.63. The van der Waals surface area contributed by atoms with E-state index in [1.165, 1.54) is 12.8 Å². The van der Waals surface area contributed by atoms with E-state index in [0.717, 1.165) is 40.7 Å². The number of fused-ring (bicyclic) bond motifs is 1. The maximum Gasteiger partial charge on any atom is 0.154 e. The second kappa shape index (κ2) is 5.42. The molecule has 0 spiro atoms. The van der Waals surface area contributed by atoms with Gasteiger partial charge in [-0.05, 0) is 36.5 Å². The highest BCUT2D eigenvalue weighted by atomic mass is 16.3. The van der Waals surface area contributed by atoms with Crippen LogP contribution in [0.15, 0.2) is 42.6 Å². The monoisotopic (exact) mass is 294 g/mol. The molecule has 1 aliphatic rings. The molecule has 1 fully saturated rings. The van der Waals surface area contributed by atoms with Crippen LogP contribution in [-0.2, 0) is 6.61 Å². The van der Waals surface area contributed by atoms with Crippen LogP contribution in [0.25, 0.3) is 16.9 Å². The van der Waals surface area contributed by atoms with Crippen LogP contribution in [0.5, 0.6) is 0 Å². The Hall–Kier alpha value is -2.40. The molecule has 1 saturated carbocycles. The predicted octanol–water partition coefficient (Wildman–Crippen LogP) is 2.71. The minimum absolute atomic E-state index is 0.00300. The van der Waals surface area contributed by atoms with E-state index in [1.807, 2.05) is 47.1 Å². The molecule has 0 saturated heterocycles. The van der Waals surface area contributed by atoms with Crippen molar-refractivity contribution in [3.8, 4) is 11.3 Å². The van der Waals surface area contributed by atoms with Crippen LogP contribution in [0.2, 0.25) is 0 Å². The number of aliphatic hydroxyl groups is 1. The van der Waals surface area contributed by atoms with Gasteiger partial charge in [-0.25, -0.2) is 9.50 Å². The number of aromatic nitrogens is 3. The summed E-state index contributed by atoms with van der Waals surface area (Å²) in [4.78, 5) is 4.41. The maximum atomic E-state index is 9.53. The molecule has 22 heavy (non-hydrogen) atoms. The standard InChI is InChI=1S/C17H18N4O/c22-11-13-3-1-2-4-14(13)15-10-19-17-8-7-16(20-21(15)17)18-9-12-5-6-12/h1-4,7-8,10,12,22H,5-6,9,11H2,(H,18,20). The van der Waals surface area contributed by atoms with Crippen molar-refractivity contribution in [1.82, 2.24) is 14.6 Å². The Morgan fingerprint density at radius 3 is 2.86 bits per heavy atom. The van der Waals surface area contributed by atoms with E-state index in [-0.39, 0.29) is 6.61 Å². The summed E-state index contributed by atoms with van der Waals surface area (Å²) in [6.07, 6.45) is 4.44. The van der Waals surface area contributed by atoms with Gasteiger partial charge in [-0.2, -0.15) is 0 Å². The van der Waals surface area contributed by atoms with Crippen molar-refractivity contribution >= 4 is 11.5 Å². The summed E-state index contributed by atoms with van der Waals surface area (Å²) in [6.45, 7) is 0.985. The first kappa shape index (κ1) is 13.3. The van der Waals surface area contributed by atoms with Crippen LogP contribution in [0.4, 0.5) is 5.82 Å². The number of imidazole rings is 1. The zero-order valence-electron chi connectivity index (χ0n) is 12.2. The summed E-state index contributed by atoms with van der Waals surface area (Å²) in [6, 6.07) is 11.7. The summed E-state index contributed by atoms with van der Waals surface area (Å²) < 4.78 is 1.84. The topological polar surface area (TPSA) is 62.5 Å². The number of aliphatic hydroxyl groups excluding tert-OH is 1. The molecule has 0 unspecified atom stereocenters. The largest absolute Gasteiger partial charge is 0.392 e. The van der Waals surface area contributed by atoms with Gasteiger partial charge in [0.05, 0.1) is 18.5 Å². The van der Waals surface area contributed by atoms with Crippen molar-refractivity contribution in [3.63, 3.8) is 0 Å². The number of benzene rings is 1. The molecule has 0 radical (unpaired) electrons. The van der Waals surface area contributed by atoms with Crippen molar-refractivity contribution in [1.29, 1.82) is 0 Å². The third kappa shape index (κ3) is 2.44. The number of nitrogens with zero attached hydrogens (tertiary/aromatic N) is 3. The third-order valence-corrected chi connectivity index (χ3v) is 4.09. The minimum Gasteiger partial charge on any atom is -0.392 e. The molecule has 2 aromatic heterocycles. The Kier molecular flexibility index (Phi) is 3.27. The fraction of sp³-hybridized carbons (Fsp3) is 0.294. The number of hydrogen-bond acceptors (Lipinski definition) is 4. The molecule has 5 heteroatoms. The van der Waals surface area contributed by atoms with Gasteiger partial charge in [0, 0.05) is 12.1 Å². The molecule has 0 aliphatic heterocycles. The first-order valence-corrected chi connectivity index (χ1v) is 7.63. The van der Waals surface area contributed by atoms with Gasteiger partial charge in [0.15, 0.2) is 5.65 Å². The summed E-state index contributed by atoms with van der Waals surface area (Å²) in [5, 5.41) is 17.6. The predicted molar refractivity (Wildman–Crippen MR) is 85.6 cm³/mol.